The van der Waals surface area contributed by atoms with Crippen molar-refractivity contribution in [2.45, 2.75) is 31.3 Å². The number of hydrogen-bond acceptors (Lipinski definition) is 7. The molecule has 3 aromatic rings. The zero-order valence-electron chi connectivity index (χ0n) is 17.9. The number of H-pyrrole nitrogens is 1. The monoisotopic (exact) mass is 502 g/mol. The molecule has 0 saturated carbocycles. The normalized spacial score (nSPS) is 18.6. The van der Waals surface area contributed by atoms with Crippen molar-refractivity contribution in [3.63, 3.8) is 0 Å². The molecule has 184 valence electrons. The highest BCUT2D eigenvalue weighted by atomic mass is 32.1. The fourth-order valence-electron chi connectivity index (χ4n) is 3.47. The predicted molar refractivity (Wildman–Crippen MR) is 118 cm³/mol. The van der Waals surface area contributed by atoms with Crippen molar-refractivity contribution in [1.82, 2.24) is 20.2 Å². The van der Waals surface area contributed by atoms with E-state index in [0.717, 1.165) is 23.4 Å². The smallest absolute Gasteiger partial charge is 0.475 e. The number of rotatable bonds is 5. The molecule has 13 heteroatoms. The van der Waals surface area contributed by atoms with Gasteiger partial charge >= 0.3 is 12.1 Å². The Labute approximate surface area is 194 Å². The Hall–Kier alpha value is -2.87. The van der Waals surface area contributed by atoms with Gasteiger partial charge in [0.15, 0.2) is 0 Å². The number of aliphatic hydroxyl groups excluding tert-OH is 1. The standard InChI is InChI=1S/C19H21FN4O2S.C2HF3O2/c1-24-10-14(25)6-13(24)8-21-9-17-22-15-7-16(27-18(15)19(26)23-17)11-2-4-12(20)5-3-11;3-2(4,5)1(6)7/h2-5,7,13-14,21,25H,6,8-10H2,1H3,(H,22,23,26);(H,6,7). The van der Waals surface area contributed by atoms with E-state index in [1.807, 2.05) is 13.1 Å². The number of aromatic amines is 1. The summed E-state index contributed by atoms with van der Waals surface area (Å²) < 4.78 is 45.4. The Bertz CT molecular complexity index is 1200. The van der Waals surface area contributed by atoms with Crippen molar-refractivity contribution in [3.8, 4) is 10.4 Å². The molecule has 2 atom stereocenters. The molecule has 0 aliphatic carbocycles. The lowest BCUT2D eigenvalue weighted by atomic mass is 10.2. The molecular weight excluding hydrogens is 480 g/mol. The SMILES string of the molecule is CN1CC(O)CC1CNCc1nc2cc(-c3ccc(F)cc3)sc2c(=O)[nH]1.O=C(O)C(F)(F)F. The number of carboxylic acids is 1. The zero-order chi connectivity index (χ0) is 25.0. The van der Waals surface area contributed by atoms with E-state index in [2.05, 4.69) is 20.2 Å². The van der Waals surface area contributed by atoms with E-state index in [9.17, 15) is 27.5 Å². The molecule has 3 heterocycles. The third-order valence-electron chi connectivity index (χ3n) is 5.14. The predicted octanol–water partition coefficient (Wildman–Crippen LogP) is 2.58. The van der Waals surface area contributed by atoms with Gasteiger partial charge in [0.2, 0.25) is 0 Å². The van der Waals surface area contributed by atoms with E-state index in [4.69, 9.17) is 9.90 Å². The summed E-state index contributed by atoms with van der Waals surface area (Å²) in [6.07, 6.45) is -4.61. The molecule has 0 radical (unpaired) electrons. The number of nitrogens with one attached hydrogen (secondary N) is 2. The van der Waals surface area contributed by atoms with Crippen molar-refractivity contribution in [3.05, 3.63) is 52.3 Å². The molecule has 4 rings (SSSR count). The number of aromatic nitrogens is 2. The highest BCUT2D eigenvalue weighted by Gasteiger charge is 2.38. The van der Waals surface area contributed by atoms with Crippen LogP contribution < -0.4 is 10.9 Å². The molecule has 2 aromatic heterocycles. The van der Waals surface area contributed by atoms with E-state index in [0.29, 0.717) is 29.1 Å². The summed E-state index contributed by atoms with van der Waals surface area (Å²) in [6.45, 7) is 1.86. The van der Waals surface area contributed by atoms with Gasteiger partial charge in [0.05, 0.1) is 18.2 Å². The number of hydrogen-bond donors (Lipinski definition) is 4. The van der Waals surface area contributed by atoms with Gasteiger partial charge in [0, 0.05) is 24.0 Å². The lowest BCUT2D eigenvalue weighted by Crippen LogP contribution is -2.35. The van der Waals surface area contributed by atoms with Gasteiger partial charge in [0.1, 0.15) is 16.3 Å². The van der Waals surface area contributed by atoms with E-state index >= 15 is 0 Å². The average Bonchev–Trinajstić information content (AvgIpc) is 3.31. The van der Waals surface area contributed by atoms with Gasteiger partial charge in [-0.05, 0) is 37.2 Å². The summed E-state index contributed by atoms with van der Waals surface area (Å²) in [5.41, 5.74) is 1.35. The van der Waals surface area contributed by atoms with Gasteiger partial charge in [0.25, 0.3) is 5.56 Å². The Morgan fingerprint density at radius 1 is 1.32 bits per heavy atom. The van der Waals surface area contributed by atoms with Gasteiger partial charge < -0.3 is 20.5 Å². The quantitative estimate of drug-likeness (QED) is 0.396. The van der Waals surface area contributed by atoms with Crippen molar-refractivity contribution >= 4 is 27.5 Å². The number of nitrogens with zero attached hydrogens (tertiary/aromatic N) is 2. The molecule has 0 spiro atoms. The van der Waals surface area contributed by atoms with Crippen LogP contribution in [-0.4, -0.2) is 69.5 Å². The summed E-state index contributed by atoms with van der Waals surface area (Å²) in [6, 6.07) is 8.36. The van der Waals surface area contributed by atoms with Crippen LogP contribution >= 0.6 is 11.3 Å². The number of benzene rings is 1. The fraction of sp³-hybridized carbons (Fsp3) is 0.381. The summed E-state index contributed by atoms with van der Waals surface area (Å²) in [4.78, 5) is 31.7. The number of likely N-dealkylation sites (tertiary alicyclic amines) is 1. The van der Waals surface area contributed by atoms with Gasteiger partial charge in [-0.1, -0.05) is 12.1 Å². The molecule has 1 aliphatic rings. The molecule has 34 heavy (non-hydrogen) atoms. The van der Waals surface area contributed by atoms with Crippen LogP contribution in [0.1, 0.15) is 12.2 Å². The maximum Gasteiger partial charge on any atom is 0.490 e. The highest BCUT2D eigenvalue weighted by molar-refractivity contribution is 7.22. The number of alkyl halides is 3. The average molecular weight is 502 g/mol. The Kier molecular flexibility index (Phi) is 8.02. The fourth-order valence-corrected chi connectivity index (χ4v) is 4.47. The number of fused-ring (bicyclic) bond motifs is 1. The molecule has 1 aliphatic heterocycles. The molecule has 1 aromatic carbocycles. The first-order valence-electron chi connectivity index (χ1n) is 10.1. The summed E-state index contributed by atoms with van der Waals surface area (Å²) in [5.74, 6) is -2.46. The van der Waals surface area contributed by atoms with E-state index in [-0.39, 0.29) is 23.5 Å². The number of aliphatic hydroxyl groups is 1. The van der Waals surface area contributed by atoms with Crippen molar-refractivity contribution in [1.29, 1.82) is 0 Å². The summed E-state index contributed by atoms with van der Waals surface area (Å²) >= 11 is 1.35. The third kappa shape index (κ3) is 6.59. The van der Waals surface area contributed by atoms with Gasteiger partial charge in [-0.15, -0.1) is 11.3 Å². The van der Waals surface area contributed by atoms with Crippen molar-refractivity contribution < 1.29 is 32.6 Å². The van der Waals surface area contributed by atoms with Crippen molar-refractivity contribution in [2.24, 2.45) is 0 Å². The van der Waals surface area contributed by atoms with Crippen molar-refractivity contribution in [2.75, 3.05) is 20.1 Å². The second kappa shape index (κ2) is 10.6. The van der Waals surface area contributed by atoms with Gasteiger partial charge in [-0.25, -0.2) is 14.2 Å². The number of halogens is 4. The van der Waals surface area contributed by atoms with E-state index in [1.54, 1.807) is 12.1 Å². The first-order chi connectivity index (χ1) is 15.9. The first kappa shape index (κ1) is 25.7. The second-order valence-electron chi connectivity index (χ2n) is 7.76. The number of likely N-dealkylation sites (N-methyl/N-ethyl adjacent to an activating group) is 1. The van der Waals surface area contributed by atoms with E-state index < -0.39 is 12.1 Å². The molecule has 1 saturated heterocycles. The summed E-state index contributed by atoms with van der Waals surface area (Å²) in [7, 11) is 2.00. The molecule has 0 amide bonds. The third-order valence-corrected chi connectivity index (χ3v) is 6.31. The topological polar surface area (TPSA) is 119 Å². The number of thiophene rings is 1. The lowest BCUT2D eigenvalue weighted by molar-refractivity contribution is -0.192. The van der Waals surface area contributed by atoms with Crippen LogP contribution in [0.15, 0.2) is 35.1 Å². The summed E-state index contributed by atoms with van der Waals surface area (Å²) in [5, 5.41) is 20.1. The maximum absolute atomic E-state index is 13.1. The number of β-amino-alcohol motifs (C(OH)–C–C–N with tert-alkyl or cyclic N) is 1. The molecule has 8 nitrogen and oxygen atoms in total. The molecule has 1 fully saturated rings. The first-order valence-corrected chi connectivity index (χ1v) is 10.9. The van der Waals surface area contributed by atoms with Crippen LogP contribution in [0.3, 0.4) is 0 Å². The number of carbonyl (C=O) groups is 1. The van der Waals surface area contributed by atoms with Crippen LogP contribution in [0.5, 0.6) is 0 Å². The van der Waals surface area contributed by atoms with Crippen LogP contribution in [0, 0.1) is 5.82 Å². The Balaban J connectivity index is 0.000000406. The Morgan fingerprint density at radius 2 is 1.97 bits per heavy atom. The molecule has 0 bridgehead atoms. The lowest BCUT2D eigenvalue weighted by Gasteiger charge is -2.19. The van der Waals surface area contributed by atoms with Gasteiger partial charge in [-0.3, -0.25) is 9.69 Å². The van der Waals surface area contributed by atoms with Gasteiger partial charge in [-0.2, -0.15) is 13.2 Å². The van der Waals surface area contributed by atoms with Crippen LogP contribution in [0.25, 0.3) is 20.7 Å². The molecule has 4 N–H and O–H groups in total. The minimum Gasteiger partial charge on any atom is -0.475 e. The Morgan fingerprint density at radius 3 is 2.53 bits per heavy atom. The zero-order valence-corrected chi connectivity index (χ0v) is 18.7. The highest BCUT2D eigenvalue weighted by Crippen LogP contribution is 2.30. The number of carboxylic acid groups (broad SMARTS) is 1. The largest absolute Gasteiger partial charge is 0.490 e. The van der Waals surface area contributed by atoms with E-state index in [1.165, 1.54) is 23.5 Å². The second-order valence-corrected chi connectivity index (χ2v) is 8.81. The maximum atomic E-state index is 13.1. The molecule has 2 unspecified atom stereocenters. The van der Waals surface area contributed by atoms with Crippen LogP contribution in [0.4, 0.5) is 17.6 Å². The van der Waals surface area contributed by atoms with Crippen LogP contribution in [0.2, 0.25) is 0 Å². The number of aliphatic carboxylic acids is 1. The van der Waals surface area contributed by atoms with Crippen LogP contribution in [-0.2, 0) is 11.3 Å². The minimum absolute atomic E-state index is 0.163. The minimum atomic E-state index is -5.08. The molecular formula is C21H22F4N4O4S.